The molecule has 0 fully saturated rings. The van der Waals surface area contributed by atoms with Crippen LogP contribution in [0.1, 0.15) is 11.1 Å². The molecular formula is C17H17F5N4O3. The maximum Gasteiger partial charge on any atom is 0.490 e. The van der Waals surface area contributed by atoms with E-state index in [4.69, 9.17) is 21.4 Å². The molecule has 0 unspecified atom stereocenters. The maximum atomic E-state index is 13.1. The molecule has 0 aliphatic carbocycles. The van der Waals surface area contributed by atoms with Crippen LogP contribution in [0.25, 0.3) is 0 Å². The summed E-state index contributed by atoms with van der Waals surface area (Å²) in [5.41, 5.74) is 12.5. The van der Waals surface area contributed by atoms with Gasteiger partial charge < -0.3 is 21.9 Å². The smallest absolute Gasteiger partial charge is 0.475 e. The number of carbonyl (C=O) groups excluding carboxylic acids is 1. The van der Waals surface area contributed by atoms with E-state index in [0.717, 1.165) is 17.7 Å². The van der Waals surface area contributed by atoms with E-state index in [2.05, 4.69) is 10.3 Å². The Kier molecular flexibility index (Phi) is 8.45. The zero-order chi connectivity index (χ0) is 22.2. The number of pyridine rings is 1. The van der Waals surface area contributed by atoms with Crippen LogP contribution in [0.2, 0.25) is 0 Å². The number of rotatable bonds is 5. The number of halogens is 5. The number of carboxylic acid groups (broad SMARTS) is 1. The molecule has 0 saturated heterocycles. The van der Waals surface area contributed by atoms with Crippen molar-refractivity contribution >= 4 is 17.7 Å². The van der Waals surface area contributed by atoms with Crippen molar-refractivity contribution in [2.24, 2.45) is 5.73 Å². The number of nitrogen functional groups attached to an aromatic ring is 1. The van der Waals surface area contributed by atoms with Crippen molar-refractivity contribution < 1.29 is 36.6 Å². The lowest BCUT2D eigenvalue weighted by molar-refractivity contribution is -0.192. The third kappa shape index (κ3) is 8.51. The van der Waals surface area contributed by atoms with Gasteiger partial charge >= 0.3 is 12.1 Å². The van der Waals surface area contributed by atoms with Crippen LogP contribution in [0.15, 0.2) is 36.5 Å². The number of benzene rings is 1. The quantitative estimate of drug-likeness (QED) is 0.545. The summed E-state index contributed by atoms with van der Waals surface area (Å²) < 4.78 is 57.7. The number of hydrogen-bond acceptors (Lipinski definition) is 5. The van der Waals surface area contributed by atoms with Gasteiger partial charge in [-0.3, -0.25) is 4.79 Å². The third-order valence-corrected chi connectivity index (χ3v) is 3.33. The molecule has 29 heavy (non-hydrogen) atoms. The standard InChI is InChI=1S/C15H16F2N4O.C2HF3O2/c16-11-3-1-9(5-12(11)17)6-13(18)15(22)21-8-10-2-4-14(19)20-7-10;3-2(4,5)1(6)7/h1-5,7,13H,6,8,18H2,(H2,19,20)(H,21,22);(H,6,7)/t13-;/m0./s1. The first-order chi connectivity index (χ1) is 13.4. The second kappa shape index (κ2) is 10.3. The van der Waals surface area contributed by atoms with Gasteiger partial charge in [0.15, 0.2) is 11.6 Å². The second-order valence-electron chi connectivity index (χ2n) is 5.67. The molecule has 0 spiro atoms. The van der Waals surface area contributed by atoms with Crippen molar-refractivity contribution in [1.82, 2.24) is 10.3 Å². The van der Waals surface area contributed by atoms with E-state index in [1.165, 1.54) is 6.07 Å². The van der Waals surface area contributed by atoms with Crippen LogP contribution in [0.3, 0.4) is 0 Å². The molecule has 0 aliphatic heterocycles. The maximum absolute atomic E-state index is 13.1. The predicted octanol–water partition coefficient (Wildman–Crippen LogP) is 1.76. The Labute approximate surface area is 161 Å². The number of anilines is 1. The van der Waals surface area contributed by atoms with Crippen molar-refractivity contribution in [3.8, 4) is 0 Å². The molecule has 0 bridgehead atoms. The van der Waals surface area contributed by atoms with Crippen molar-refractivity contribution in [2.75, 3.05) is 5.73 Å². The lowest BCUT2D eigenvalue weighted by Gasteiger charge is -2.12. The summed E-state index contributed by atoms with van der Waals surface area (Å²) in [6.45, 7) is 0.262. The second-order valence-corrected chi connectivity index (χ2v) is 5.67. The summed E-state index contributed by atoms with van der Waals surface area (Å²) in [6, 6.07) is 5.95. The Balaban J connectivity index is 0.000000516. The van der Waals surface area contributed by atoms with Crippen LogP contribution in [0.5, 0.6) is 0 Å². The monoisotopic (exact) mass is 420 g/mol. The summed E-state index contributed by atoms with van der Waals surface area (Å²) >= 11 is 0. The molecule has 0 saturated carbocycles. The number of carbonyl (C=O) groups is 2. The minimum absolute atomic E-state index is 0.114. The lowest BCUT2D eigenvalue weighted by atomic mass is 10.1. The molecule has 6 N–H and O–H groups in total. The molecule has 1 heterocycles. The van der Waals surface area contributed by atoms with Gasteiger partial charge in [0, 0.05) is 12.7 Å². The molecule has 1 aromatic heterocycles. The third-order valence-electron chi connectivity index (χ3n) is 3.33. The van der Waals surface area contributed by atoms with Crippen LogP contribution in [0, 0.1) is 11.6 Å². The molecular weight excluding hydrogens is 403 g/mol. The minimum Gasteiger partial charge on any atom is -0.475 e. The first-order valence-electron chi connectivity index (χ1n) is 7.88. The van der Waals surface area contributed by atoms with E-state index >= 15 is 0 Å². The lowest BCUT2D eigenvalue weighted by Crippen LogP contribution is -2.41. The molecule has 1 aromatic carbocycles. The van der Waals surface area contributed by atoms with Gasteiger partial charge in [-0.2, -0.15) is 13.2 Å². The molecule has 0 aliphatic rings. The fourth-order valence-corrected chi connectivity index (χ4v) is 1.87. The molecule has 2 aromatic rings. The number of aliphatic carboxylic acids is 1. The van der Waals surface area contributed by atoms with Gasteiger partial charge in [-0.1, -0.05) is 12.1 Å². The van der Waals surface area contributed by atoms with Gasteiger partial charge in [0.05, 0.1) is 6.04 Å². The van der Waals surface area contributed by atoms with E-state index in [-0.39, 0.29) is 18.9 Å². The molecule has 7 nitrogen and oxygen atoms in total. The van der Waals surface area contributed by atoms with Gasteiger partial charge in [-0.25, -0.2) is 18.6 Å². The largest absolute Gasteiger partial charge is 0.490 e. The highest BCUT2D eigenvalue weighted by Gasteiger charge is 2.38. The van der Waals surface area contributed by atoms with Gasteiger partial charge in [0.25, 0.3) is 0 Å². The molecule has 158 valence electrons. The number of carboxylic acids is 1. The highest BCUT2D eigenvalue weighted by atomic mass is 19.4. The van der Waals surface area contributed by atoms with Crippen LogP contribution >= 0.6 is 0 Å². The Morgan fingerprint density at radius 2 is 1.69 bits per heavy atom. The molecule has 0 radical (unpaired) electrons. The number of amides is 1. The van der Waals surface area contributed by atoms with Gasteiger partial charge in [-0.05, 0) is 35.7 Å². The Bertz CT molecular complexity index is 844. The molecule has 1 amide bonds. The first-order valence-corrected chi connectivity index (χ1v) is 7.88. The number of nitrogens with two attached hydrogens (primary N) is 2. The van der Waals surface area contributed by atoms with E-state index in [9.17, 15) is 26.7 Å². The minimum atomic E-state index is -5.08. The summed E-state index contributed by atoms with van der Waals surface area (Å²) in [5.74, 6) is -4.64. The highest BCUT2D eigenvalue weighted by molar-refractivity contribution is 5.81. The van der Waals surface area contributed by atoms with Crippen LogP contribution in [-0.4, -0.2) is 34.2 Å². The fraction of sp³-hybridized carbons (Fsp3) is 0.235. The van der Waals surface area contributed by atoms with Crippen molar-refractivity contribution in [3.05, 3.63) is 59.3 Å². The number of hydrogen-bond donors (Lipinski definition) is 4. The van der Waals surface area contributed by atoms with Crippen LogP contribution in [-0.2, 0) is 22.6 Å². The summed E-state index contributed by atoms with van der Waals surface area (Å²) in [5, 5.41) is 9.78. The summed E-state index contributed by atoms with van der Waals surface area (Å²) in [6.07, 6.45) is -3.42. The SMILES string of the molecule is Nc1ccc(CNC(=O)[C@@H](N)Cc2ccc(F)c(F)c2)cn1.O=C(O)C(F)(F)F. The fourth-order valence-electron chi connectivity index (χ4n) is 1.87. The van der Waals surface area contributed by atoms with Crippen molar-refractivity contribution in [3.63, 3.8) is 0 Å². The Morgan fingerprint density at radius 3 is 2.17 bits per heavy atom. The Morgan fingerprint density at radius 1 is 1.10 bits per heavy atom. The average Bonchev–Trinajstić information content (AvgIpc) is 2.63. The van der Waals surface area contributed by atoms with Gasteiger partial charge in [0.2, 0.25) is 5.91 Å². The number of alkyl halides is 3. The predicted molar refractivity (Wildman–Crippen MR) is 92.2 cm³/mol. The van der Waals surface area contributed by atoms with Gasteiger partial charge in [-0.15, -0.1) is 0 Å². The number of nitrogens with one attached hydrogen (secondary N) is 1. The number of aromatic nitrogens is 1. The van der Waals surface area contributed by atoms with Crippen LogP contribution in [0.4, 0.5) is 27.8 Å². The molecule has 1 atom stereocenters. The van der Waals surface area contributed by atoms with Crippen molar-refractivity contribution in [2.45, 2.75) is 25.2 Å². The summed E-state index contributed by atoms with van der Waals surface area (Å²) in [7, 11) is 0. The van der Waals surface area contributed by atoms with E-state index < -0.39 is 29.8 Å². The highest BCUT2D eigenvalue weighted by Crippen LogP contribution is 2.13. The zero-order valence-electron chi connectivity index (χ0n) is 14.7. The Hall–Kier alpha value is -3.28. The zero-order valence-corrected chi connectivity index (χ0v) is 14.7. The normalized spacial score (nSPS) is 11.8. The van der Waals surface area contributed by atoms with Gasteiger partial charge in [0.1, 0.15) is 5.82 Å². The van der Waals surface area contributed by atoms with E-state index in [1.54, 1.807) is 18.3 Å². The average molecular weight is 420 g/mol. The topological polar surface area (TPSA) is 131 Å². The molecule has 12 heteroatoms. The van der Waals surface area contributed by atoms with E-state index in [1.807, 2.05) is 0 Å². The van der Waals surface area contributed by atoms with Crippen LogP contribution < -0.4 is 16.8 Å². The summed E-state index contributed by atoms with van der Waals surface area (Å²) in [4.78, 5) is 24.7. The first kappa shape index (κ1) is 23.8. The molecule has 2 rings (SSSR count). The number of nitrogens with zero attached hydrogens (tertiary/aromatic N) is 1. The van der Waals surface area contributed by atoms with Crippen molar-refractivity contribution in [1.29, 1.82) is 0 Å². The van der Waals surface area contributed by atoms with E-state index in [0.29, 0.717) is 11.4 Å².